The zero-order chi connectivity index (χ0) is 9.36. The molecule has 1 radical (unpaired) electrons. The number of nitrogens with zero attached hydrogens (tertiary/aromatic N) is 1. The molecule has 1 aliphatic carbocycles. The fraction of sp³-hybridized carbons (Fsp3) is 0.545. The fourth-order valence-corrected chi connectivity index (χ4v) is 1.18. The molecule has 0 aliphatic heterocycles. The van der Waals surface area contributed by atoms with Crippen LogP contribution in [-0.2, 0) is 4.84 Å². The largest absolute Gasteiger partial charge is 0.394 e. The van der Waals surface area contributed by atoms with Crippen LogP contribution < -0.4 is 0 Å². The lowest BCUT2D eigenvalue weighted by atomic mass is 10.0. The predicted octanol–water partition coefficient (Wildman–Crippen LogP) is 2.39. The number of hydrogen-bond donors (Lipinski definition) is 0. The summed E-state index contributed by atoms with van der Waals surface area (Å²) in [6.45, 7) is 0.483. The van der Waals surface area contributed by atoms with Gasteiger partial charge in [0.1, 0.15) is 12.8 Å². The second-order valence-corrected chi connectivity index (χ2v) is 2.97. The van der Waals surface area contributed by atoms with Crippen molar-refractivity contribution < 1.29 is 4.84 Å². The first-order valence-electron chi connectivity index (χ1n) is 4.64. The van der Waals surface area contributed by atoms with E-state index in [2.05, 4.69) is 23.4 Å². The van der Waals surface area contributed by atoms with Gasteiger partial charge < -0.3 is 4.84 Å². The molecular weight excluding hydrogens is 162 g/mol. The van der Waals surface area contributed by atoms with Gasteiger partial charge in [-0.05, 0) is 31.3 Å². The molecule has 0 N–H and O–H groups in total. The Hall–Kier alpha value is -1.23. The van der Waals surface area contributed by atoms with E-state index in [9.17, 15) is 0 Å². The van der Waals surface area contributed by atoms with Crippen molar-refractivity contribution in [2.45, 2.75) is 32.1 Å². The normalized spacial score (nSPS) is 16.7. The Labute approximate surface area is 79.7 Å². The second kappa shape index (κ2) is 6.30. The van der Waals surface area contributed by atoms with Crippen molar-refractivity contribution in [3.63, 3.8) is 0 Å². The molecule has 69 valence electrons. The summed E-state index contributed by atoms with van der Waals surface area (Å²) in [5, 5.41) is 3.72. The van der Waals surface area contributed by atoms with Crippen LogP contribution in [0.25, 0.3) is 0 Å². The first kappa shape index (κ1) is 9.85. The number of rotatable bonds is 4. The van der Waals surface area contributed by atoms with E-state index in [1.165, 1.54) is 12.8 Å². The van der Waals surface area contributed by atoms with Gasteiger partial charge in [-0.15, -0.1) is 12.3 Å². The molecule has 2 heteroatoms. The molecule has 0 aromatic rings. The van der Waals surface area contributed by atoms with Gasteiger partial charge >= 0.3 is 0 Å². The lowest BCUT2D eigenvalue weighted by Crippen LogP contribution is -1.94. The Morgan fingerprint density at radius 2 is 2.46 bits per heavy atom. The second-order valence-electron chi connectivity index (χ2n) is 2.97. The van der Waals surface area contributed by atoms with Gasteiger partial charge in [0, 0.05) is 6.42 Å². The highest BCUT2D eigenvalue weighted by molar-refractivity contribution is 5.78. The summed E-state index contributed by atoms with van der Waals surface area (Å²) in [6, 6.07) is 0. The van der Waals surface area contributed by atoms with E-state index in [1.807, 2.05) is 0 Å². The third kappa shape index (κ3) is 4.37. The standard InChI is InChI=1S/C11H14NO/c1-2-3-9-13-12-10-11-7-5-4-6-8-11/h1,7H,3-6,8-9H2. The molecule has 0 amide bonds. The molecule has 0 aromatic heterocycles. The van der Waals surface area contributed by atoms with E-state index in [0.717, 1.165) is 18.4 Å². The van der Waals surface area contributed by atoms with Gasteiger partial charge in [0.05, 0.1) is 0 Å². The molecule has 0 fully saturated rings. The van der Waals surface area contributed by atoms with E-state index >= 15 is 0 Å². The molecule has 2 nitrogen and oxygen atoms in total. The van der Waals surface area contributed by atoms with Crippen molar-refractivity contribution in [1.82, 2.24) is 0 Å². The lowest BCUT2D eigenvalue weighted by molar-refractivity contribution is 0.152. The number of allylic oxidation sites excluding steroid dienone is 2. The van der Waals surface area contributed by atoms with Gasteiger partial charge in [0.2, 0.25) is 0 Å². The molecule has 0 bridgehead atoms. The van der Waals surface area contributed by atoms with Crippen molar-refractivity contribution >= 4 is 6.21 Å². The molecule has 0 atom stereocenters. The smallest absolute Gasteiger partial charge is 0.135 e. The van der Waals surface area contributed by atoms with Crippen LogP contribution in [0.1, 0.15) is 32.1 Å². The Bertz CT molecular complexity index is 235. The van der Waals surface area contributed by atoms with Gasteiger partial charge in [-0.1, -0.05) is 11.2 Å². The molecular formula is C11H14NO. The van der Waals surface area contributed by atoms with Gasteiger partial charge in [0.25, 0.3) is 0 Å². The lowest BCUT2D eigenvalue weighted by Gasteiger charge is -2.06. The highest BCUT2D eigenvalue weighted by Gasteiger charge is 2.00. The summed E-state index contributed by atoms with van der Waals surface area (Å²) in [5.74, 6) is 2.48. The molecule has 0 unspecified atom stereocenters. The van der Waals surface area contributed by atoms with Crippen LogP contribution in [0.3, 0.4) is 0 Å². The summed E-state index contributed by atoms with van der Waals surface area (Å²) in [7, 11) is 0. The van der Waals surface area contributed by atoms with E-state index in [0.29, 0.717) is 13.0 Å². The van der Waals surface area contributed by atoms with Crippen LogP contribution in [0.4, 0.5) is 0 Å². The van der Waals surface area contributed by atoms with E-state index < -0.39 is 0 Å². The topological polar surface area (TPSA) is 21.6 Å². The molecule has 0 heterocycles. The summed E-state index contributed by atoms with van der Waals surface area (Å²) in [4.78, 5) is 4.91. The van der Waals surface area contributed by atoms with Crippen LogP contribution in [-0.4, -0.2) is 12.8 Å². The van der Waals surface area contributed by atoms with Crippen LogP contribution in [0, 0.1) is 12.3 Å². The Balaban J connectivity index is 2.16. The summed E-state index contributed by atoms with van der Waals surface area (Å²) in [6.07, 6.45) is 15.4. The van der Waals surface area contributed by atoms with Crippen LogP contribution in [0.2, 0.25) is 0 Å². The Morgan fingerprint density at radius 1 is 1.54 bits per heavy atom. The third-order valence-corrected chi connectivity index (χ3v) is 1.88. The third-order valence-electron chi connectivity index (χ3n) is 1.88. The average Bonchev–Trinajstić information content (AvgIpc) is 2.19. The highest BCUT2D eigenvalue weighted by atomic mass is 16.6. The number of hydrogen-bond acceptors (Lipinski definition) is 2. The molecule has 13 heavy (non-hydrogen) atoms. The van der Waals surface area contributed by atoms with E-state index in [1.54, 1.807) is 0 Å². The number of terminal acetylenes is 1. The van der Waals surface area contributed by atoms with Crippen molar-refractivity contribution in [2.24, 2.45) is 5.16 Å². The minimum Gasteiger partial charge on any atom is -0.394 e. The van der Waals surface area contributed by atoms with E-state index in [-0.39, 0.29) is 0 Å². The maximum atomic E-state index is 5.05. The quantitative estimate of drug-likeness (QED) is 0.279. The highest BCUT2D eigenvalue weighted by Crippen LogP contribution is 2.15. The average molecular weight is 176 g/mol. The zero-order valence-corrected chi connectivity index (χ0v) is 7.75. The maximum absolute atomic E-state index is 5.05. The van der Waals surface area contributed by atoms with Crippen LogP contribution in [0.15, 0.2) is 16.8 Å². The molecule has 0 aromatic carbocycles. The van der Waals surface area contributed by atoms with Crippen LogP contribution in [0.5, 0.6) is 0 Å². The first-order chi connectivity index (χ1) is 6.43. The zero-order valence-electron chi connectivity index (χ0n) is 7.75. The van der Waals surface area contributed by atoms with Crippen LogP contribution >= 0.6 is 0 Å². The SMILES string of the molecule is C#CCCO/N=[C]/C1=CCCCC1. The summed E-state index contributed by atoms with van der Waals surface area (Å²) in [5.41, 5.74) is 1.16. The fourth-order valence-electron chi connectivity index (χ4n) is 1.18. The van der Waals surface area contributed by atoms with E-state index in [4.69, 9.17) is 11.3 Å². The minimum atomic E-state index is 0.483. The Morgan fingerprint density at radius 3 is 3.15 bits per heavy atom. The van der Waals surface area contributed by atoms with Crippen molar-refractivity contribution in [2.75, 3.05) is 6.61 Å². The van der Waals surface area contributed by atoms with Crippen molar-refractivity contribution in [3.8, 4) is 12.3 Å². The maximum Gasteiger partial charge on any atom is 0.135 e. The molecule has 1 rings (SSSR count). The van der Waals surface area contributed by atoms with Crippen molar-refractivity contribution in [3.05, 3.63) is 11.6 Å². The monoisotopic (exact) mass is 176 g/mol. The van der Waals surface area contributed by atoms with Gasteiger partial charge in [-0.25, -0.2) is 0 Å². The molecule has 0 spiro atoms. The molecule has 1 aliphatic rings. The summed E-state index contributed by atoms with van der Waals surface area (Å²) < 4.78 is 0. The first-order valence-corrected chi connectivity index (χ1v) is 4.64. The van der Waals surface area contributed by atoms with Crippen molar-refractivity contribution in [1.29, 1.82) is 0 Å². The van der Waals surface area contributed by atoms with Gasteiger partial charge in [0.15, 0.2) is 0 Å². The Kier molecular flexibility index (Phi) is 4.78. The summed E-state index contributed by atoms with van der Waals surface area (Å²) >= 11 is 0. The van der Waals surface area contributed by atoms with Gasteiger partial charge in [-0.2, -0.15) is 0 Å². The molecule has 0 saturated heterocycles. The van der Waals surface area contributed by atoms with Gasteiger partial charge in [-0.3, -0.25) is 0 Å². The molecule has 0 saturated carbocycles. The predicted molar refractivity (Wildman–Crippen MR) is 53.4 cm³/mol. The minimum absolute atomic E-state index is 0.483.